The van der Waals surface area contributed by atoms with Crippen LogP contribution in [0.3, 0.4) is 0 Å². The lowest BCUT2D eigenvalue weighted by molar-refractivity contribution is 0.107. The van der Waals surface area contributed by atoms with Crippen molar-refractivity contribution in [2.75, 3.05) is 20.2 Å². The molecule has 0 spiro atoms. The summed E-state index contributed by atoms with van der Waals surface area (Å²) in [5.74, 6) is -0.143. The van der Waals surface area contributed by atoms with E-state index in [1.165, 1.54) is 6.07 Å². The highest BCUT2D eigenvalue weighted by atomic mass is 79.9. The molecule has 0 saturated carbocycles. The van der Waals surface area contributed by atoms with Crippen LogP contribution < -0.4 is 0 Å². The Morgan fingerprint density at radius 2 is 2.38 bits per heavy atom. The third-order valence-electron chi connectivity index (χ3n) is 2.97. The van der Waals surface area contributed by atoms with Gasteiger partial charge >= 0.3 is 0 Å². The van der Waals surface area contributed by atoms with Gasteiger partial charge in [-0.3, -0.25) is 4.90 Å². The molecule has 0 bridgehead atoms. The molecule has 2 nitrogen and oxygen atoms in total. The first-order valence-electron chi connectivity index (χ1n) is 5.38. The highest BCUT2D eigenvalue weighted by Gasteiger charge is 2.22. The molecule has 1 atom stereocenters. The number of benzene rings is 1. The number of hydrogen-bond acceptors (Lipinski definition) is 2. The van der Waals surface area contributed by atoms with Crippen LogP contribution in [0.4, 0.5) is 4.39 Å². The van der Waals surface area contributed by atoms with E-state index in [1.807, 2.05) is 12.1 Å². The fraction of sp³-hybridized carbons (Fsp3) is 0.500. The van der Waals surface area contributed by atoms with E-state index >= 15 is 0 Å². The molecule has 4 heteroatoms. The zero-order chi connectivity index (χ0) is 11.5. The lowest BCUT2D eigenvalue weighted by Crippen LogP contribution is -2.22. The summed E-state index contributed by atoms with van der Waals surface area (Å²) in [5, 5.41) is 0. The van der Waals surface area contributed by atoms with E-state index in [-0.39, 0.29) is 5.82 Å². The third kappa shape index (κ3) is 2.81. The van der Waals surface area contributed by atoms with Gasteiger partial charge in [0.25, 0.3) is 0 Å². The first kappa shape index (κ1) is 12.0. The van der Waals surface area contributed by atoms with Crippen molar-refractivity contribution < 1.29 is 9.13 Å². The minimum atomic E-state index is -0.143. The predicted octanol–water partition coefficient (Wildman–Crippen LogP) is 2.81. The lowest BCUT2D eigenvalue weighted by Gasteiger charge is -2.16. The Morgan fingerprint density at radius 3 is 3.00 bits per heavy atom. The van der Waals surface area contributed by atoms with Gasteiger partial charge in [0.1, 0.15) is 5.82 Å². The van der Waals surface area contributed by atoms with Gasteiger partial charge < -0.3 is 4.74 Å². The minimum Gasteiger partial charge on any atom is -0.380 e. The normalized spacial score (nSPS) is 21.6. The predicted molar refractivity (Wildman–Crippen MR) is 64.8 cm³/mol. The molecule has 1 unspecified atom stereocenters. The smallest absolute Gasteiger partial charge is 0.128 e. The molecule has 1 heterocycles. The van der Waals surface area contributed by atoms with E-state index in [0.29, 0.717) is 12.6 Å². The number of nitrogens with zero attached hydrogens (tertiary/aromatic N) is 1. The molecule has 0 amide bonds. The third-order valence-corrected chi connectivity index (χ3v) is 3.46. The summed E-state index contributed by atoms with van der Waals surface area (Å²) in [7, 11) is 1.73. The second kappa shape index (κ2) is 5.25. The molecule has 0 aromatic heterocycles. The molecule has 1 aliphatic heterocycles. The second-order valence-electron chi connectivity index (χ2n) is 4.12. The second-order valence-corrected chi connectivity index (χ2v) is 5.03. The molecular weight excluding hydrogens is 273 g/mol. The van der Waals surface area contributed by atoms with Crippen molar-refractivity contribution in [1.82, 2.24) is 4.90 Å². The summed E-state index contributed by atoms with van der Waals surface area (Å²) in [6.07, 6.45) is 1.34. The van der Waals surface area contributed by atoms with Crippen LogP contribution >= 0.6 is 15.9 Å². The van der Waals surface area contributed by atoms with Gasteiger partial charge in [0.05, 0.1) is 6.10 Å². The van der Waals surface area contributed by atoms with Gasteiger partial charge in [-0.1, -0.05) is 22.0 Å². The molecule has 0 radical (unpaired) electrons. The Morgan fingerprint density at radius 1 is 1.56 bits per heavy atom. The van der Waals surface area contributed by atoms with E-state index in [0.717, 1.165) is 29.5 Å². The monoisotopic (exact) mass is 287 g/mol. The maximum Gasteiger partial charge on any atom is 0.128 e. The Labute approximate surface area is 104 Å². The van der Waals surface area contributed by atoms with Crippen LogP contribution in [0.2, 0.25) is 0 Å². The maximum atomic E-state index is 13.6. The van der Waals surface area contributed by atoms with Crippen molar-refractivity contribution in [1.29, 1.82) is 0 Å². The Bertz CT molecular complexity index is 372. The van der Waals surface area contributed by atoms with Crippen molar-refractivity contribution >= 4 is 15.9 Å². The molecule has 1 aromatic rings. The van der Waals surface area contributed by atoms with Gasteiger partial charge in [-0.05, 0) is 18.6 Å². The van der Waals surface area contributed by atoms with Crippen LogP contribution in [0.5, 0.6) is 0 Å². The topological polar surface area (TPSA) is 12.5 Å². The van der Waals surface area contributed by atoms with Gasteiger partial charge in [-0.25, -0.2) is 4.39 Å². The molecule has 1 saturated heterocycles. The van der Waals surface area contributed by atoms with E-state index in [2.05, 4.69) is 20.8 Å². The minimum absolute atomic E-state index is 0.143. The van der Waals surface area contributed by atoms with Crippen molar-refractivity contribution in [3.8, 4) is 0 Å². The van der Waals surface area contributed by atoms with Crippen LogP contribution in [0.15, 0.2) is 22.7 Å². The largest absolute Gasteiger partial charge is 0.380 e. The van der Waals surface area contributed by atoms with Crippen molar-refractivity contribution in [2.45, 2.75) is 19.1 Å². The Hall–Kier alpha value is -0.450. The summed E-state index contributed by atoms with van der Waals surface area (Å²) in [5.41, 5.74) is 0.750. The van der Waals surface area contributed by atoms with Crippen molar-refractivity contribution in [2.24, 2.45) is 0 Å². The summed E-state index contributed by atoms with van der Waals surface area (Å²) >= 11 is 3.26. The van der Waals surface area contributed by atoms with Gasteiger partial charge in [0.15, 0.2) is 0 Å². The number of methoxy groups -OCH3 is 1. The quantitative estimate of drug-likeness (QED) is 0.848. The van der Waals surface area contributed by atoms with Crippen molar-refractivity contribution in [3.05, 3.63) is 34.1 Å². The average molecular weight is 288 g/mol. The van der Waals surface area contributed by atoms with Crippen LogP contribution in [0.25, 0.3) is 0 Å². The molecule has 0 N–H and O–H groups in total. The van der Waals surface area contributed by atoms with E-state index in [1.54, 1.807) is 7.11 Å². The Kier molecular flexibility index (Phi) is 3.95. The van der Waals surface area contributed by atoms with Gasteiger partial charge in [0, 0.05) is 36.8 Å². The number of rotatable bonds is 3. The highest BCUT2D eigenvalue weighted by Crippen LogP contribution is 2.19. The van der Waals surface area contributed by atoms with Gasteiger partial charge in [-0.15, -0.1) is 0 Å². The lowest BCUT2D eigenvalue weighted by atomic mass is 10.2. The van der Waals surface area contributed by atoms with Crippen LogP contribution in [0, 0.1) is 5.82 Å². The maximum absolute atomic E-state index is 13.6. The number of ether oxygens (including phenoxy) is 1. The molecule has 1 fully saturated rings. The van der Waals surface area contributed by atoms with Gasteiger partial charge in [-0.2, -0.15) is 0 Å². The zero-order valence-corrected chi connectivity index (χ0v) is 10.8. The number of likely N-dealkylation sites (tertiary alicyclic amines) is 1. The highest BCUT2D eigenvalue weighted by molar-refractivity contribution is 9.10. The van der Waals surface area contributed by atoms with E-state index in [9.17, 15) is 4.39 Å². The summed E-state index contributed by atoms with van der Waals surface area (Å²) in [6.45, 7) is 2.54. The SMILES string of the molecule is COC1CCN(Cc2ccc(Br)cc2F)C1. The first-order chi connectivity index (χ1) is 7.69. The first-order valence-corrected chi connectivity index (χ1v) is 6.17. The Balaban J connectivity index is 1.99. The summed E-state index contributed by atoms with van der Waals surface area (Å²) < 4.78 is 19.7. The van der Waals surface area contributed by atoms with E-state index in [4.69, 9.17) is 4.74 Å². The standard InChI is InChI=1S/C12H15BrFNO/c1-16-11-4-5-15(8-11)7-9-2-3-10(13)6-12(9)14/h2-3,6,11H,4-5,7-8H2,1H3. The van der Waals surface area contributed by atoms with Crippen LogP contribution in [-0.2, 0) is 11.3 Å². The molecule has 88 valence electrons. The van der Waals surface area contributed by atoms with E-state index < -0.39 is 0 Å². The molecule has 1 aliphatic rings. The number of halogens is 2. The zero-order valence-electron chi connectivity index (χ0n) is 9.25. The molecular formula is C12H15BrFNO. The van der Waals surface area contributed by atoms with Crippen LogP contribution in [-0.4, -0.2) is 31.2 Å². The molecule has 1 aromatic carbocycles. The number of hydrogen-bond donors (Lipinski definition) is 0. The van der Waals surface area contributed by atoms with Crippen LogP contribution in [0.1, 0.15) is 12.0 Å². The van der Waals surface area contributed by atoms with Crippen molar-refractivity contribution in [3.63, 3.8) is 0 Å². The molecule has 0 aliphatic carbocycles. The van der Waals surface area contributed by atoms with Gasteiger partial charge in [0.2, 0.25) is 0 Å². The summed E-state index contributed by atoms with van der Waals surface area (Å²) in [4.78, 5) is 2.22. The summed E-state index contributed by atoms with van der Waals surface area (Å²) in [6, 6.07) is 5.22. The fourth-order valence-corrected chi connectivity index (χ4v) is 2.36. The molecule has 2 rings (SSSR count). The fourth-order valence-electron chi connectivity index (χ4n) is 2.02. The molecule has 16 heavy (non-hydrogen) atoms. The average Bonchev–Trinajstić information content (AvgIpc) is 2.70.